The van der Waals surface area contributed by atoms with Crippen LogP contribution in [0.3, 0.4) is 0 Å². The number of alkyl halides is 4. The van der Waals surface area contributed by atoms with Gasteiger partial charge in [0.05, 0.1) is 0 Å². The maximum atomic E-state index is 12.1. The Balaban J connectivity index is 2.98. The van der Waals surface area contributed by atoms with Gasteiger partial charge in [-0.05, 0) is 36.4 Å². The predicted molar refractivity (Wildman–Crippen MR) is 62.0 cm³/mol. The van der Waals surface area contributed by atoms with Crippen molar-refractivity contribution in [1.29, 1.82) is 0 Å². The van der Waals surface area contributed by atoms with Gasteiger partial charge in [-0.1, -0.05) is 6.07 Å². The van der Waals surface area contributed by atoms with Crippen LogP contribution in [0.15, 0.2) is 23.1 Å². The molecule has 2 N–H and O–H groups in total. The fraction of sp³-hybridized carbons (Fsp3) is 0.300. The molecule has 0 saturated carbocycles. The summed E-state index contributed by atoms with van der Waals surface area (Å²) in [5, 5.41) is -0.887. The Morgan fingerprint density at radius 2 is 2.06 bits per heavy atom. The smallest absolute Gasteiger partial charge is 0.398 e. The molecule has 0 saturated heterocycles. The van der Waals surface area contributed by atoms with E-state index in [-0.39, 0.29) is 28.1 Å². The van der Waals surface area contributed by atoms with E-state index in [1.54, 1.807) is 0 Å². The van der Waals surface area contributed by atoms with Crippen molar-refractivity contribution >= 4 is 34.8 Å². The number of ketones is 1. The normalized spacial score (nSPS) is 13.5. The van der Waals surface area contributed by atoms with Gasteiger partial charge in [0.25, 0.3) is 0 Å². The second kappa shape index (κ2) is 5.18. The molecule has 0 spiro atoms. The van der Waals surface area contributed by atoms with Crippen molar-refractivity contribution in [2.24, 2.45) is 0 Å². The summed E-state index contributed by atoms with van der Waals surface area (Å²) >= 11 is 5.47. The van der Waals surface area contributed by atoms with Crippen molar-refractivity contribution < 1.29 is 18.0 Å². The van der Waals surface area contributed by atoms with E-state index in [0.717, 1.165) is 0 Å². The van der Waals surface area contributed by atoms with Crippen molar-refractivity contribution in [3.05, 3.63) is 23.8 Å². The number of hydrogen-bond donors (Lipinski definition) is 1. The quantitative estimate of drug-likeness (QED) is 0.522. The zero-order chi connectivity index (χ0) is 13.2. The average Bonchev–Trinajstić information content (AvgIpc) is 2.18. The lowest BCUT2D eigenvalue weighted by molar-refractivity contribution is -0.116. The van der Waals surface area contributed by atoms with Crippen LogP contribution in [-0.4, -0.2) is 11.3 Å². The first-order valence-electron chi connectivity index (χ1n) is 4.50. The number of halogens is 4. The lowest BCUT2D eigenvalue weighted by Crippen LogP contribution is -2.04. The molecule has 1 aromatic carbocycles. The molecule has 7 heteroatoms. The summed E-state index contributed by atoms with van der Waals surface area (Å²) in [7, 11) is 0. The second-order valence-corrected chi connectivity index (χ2v) is 4.86. The minimum absolute atomic E-state index is 0.0447. The maximum absolute atomic E-state index is 12.1. The molecule has 17 heavy (non-hydrogen) atoms. The van der Waals surface area contributed by atoms with Crippen LogP contribution in [0, 0.1) is 0 Å². The molecular weight excluding hydrogens is 275 g/mol. The van der Waals surface area contributed by atoms with Crippen LogP contribution in [0.4, 0.5) is 18.9 Å². The second-order valence-electron chi connectivity index (χ2n) is 3.32. The van der Waals surface area contributed by atoms with E-state index in [1.165, 1.54) is 25.1 Å². The molecule has 94 valence electrons. The van der Waals surface area contributed by atoms with Gasteiger partial charge in [-0.3, -0.25) is 4.79 Å². The molecular formula is C10H9ClF3NOS. The lowest BCUT2D eigenvalue weighted by atomic mass is 10.1. The van der Waals surface area contributed by atoms with Gasteiger partial charge in [0.1, 0.15) is 5.38 Å². The van der Waals surface area contributed by atoms with E-state index in [9.17, 15) is 18.0 Å². The number of nitrogen functional groups attached to an aromatic ring is 1. The van der Waals surface area contributed by atoms with Crippen LogP contribution in [-0.2, 0) is 4.79 Å². The first-order valence-corrected chi connectivity index (χ1v) is 5.75. The Morgan fingerprint density at radius 1 is 1.47 bits per heavy atom. The van der Waals surface area contributed by atoms with Gasteiger partial charge >= 0.3 is 5.51 Å². The van der Waals surface area contributed by atoms with Gasteiger partial charge in [0, 0.05) is 10.6 Å². The molecule has 0 aliphatic rings. The average molecular weight is 284 g/mol. The summed E-state index contributed by atoms with van der Waals surface area (Å²) in [6.07, 6.45) is 0. The highest BCUT2D eigenvalue weighted by Gasteiger charge is 2.30. The van der Waals surface area contributed by atoms with E-state index in [1.807, 2.05) is 0 Å². The predicted octanol–water partition coefficient (Wildman–Crippen LogP) is 3.75. The third-order valence-corrected chi connectivity index (χ3v) is 3.29. The van der Waals surface area contributed by atoms with Gasteiger partial charge in [-0.15, -0.1) is 11.6 Å². The first-order chi connectivity index (χ1) is 7.70. The monoisotopic (exact) mass is 283 g/mol. The van der Waals surface area contributed by atoms with Crippen molar-refractivity contribution in [2.75, 3.05) is 5.73 Å². The Morgan fingerprint density at radius 3 is 2.47 bits per heavy atom. The molecule has 0 aliphatic carbocycles. The number of thioether (sulfide) groups is 1. The fourth-order valence-electron chi connectivity index (χ4n) is 1.18. The van der Waals surface area contributed by atoms with Crippen LogP contribution in [0.5, 0.6) is 0 Å². The SMILES string of the molecule is CC(=O)C(Cl)c1ccc(SC(F)(F)F)c(N)c1. The first kappa shape index (κ1) is 14.2. The minimum Gasteiger partial charge on any atom is -0.398 e. The Kier molecular flexibility index (Phi) is 4.32. The Bertz CT molecular complexity index is 436. The number of carbonyl (C=O) groups excluding carboxylic acids is 1. The van der Waals surface area contributed by atoms with Crippen LogP contribution in [0.25, 0.3) is 0 Å². The molecule has 0 aliphatic heterocycles. The number of rotatable bonds is 3. The van der Waals surface area contributed by atoms with Crippen LogP contribution < -0.4 is 5.73 Å². The number of hydrogen-bond acceptors (Lipinski definition) is 3. The fourth-order valence-corrected chi connectivity index (χ4v) is 1.87. The summed E-state index contributed by atoms with van der Waals surface area (Å²) in [6.45, 7) is 1.30. The van der Waals surface area contributed by atoms with Gasteiger partial charge in [-0.2, -0.15) is 13.2 Å². The van der Waals surface area contributed by atoms with Gasteiger partial charge in [0.15, 0.2) is 5.78 Å². The molecule has 0 aromatic heterocycles. The molecule has 0 radical (unpaired) electrons. The van der Waals surface area contributed by atoms with Crippen LogP contribution in [0.2, 0.25) is 0 Å². The van der Waals surface area contributed by atoms with Crippen LogP contribution in [0.1, 0.15) is 17.9 Å². The van der Waals surface area contributed by atoms with Crippen molar-refractivity contribution in [2.45, 2.75) is 22.7 Å². The standard InChI is InChI=1S/C10H9ClF3NOS/c1-5(16)9(11)6-2-3-8(7(15)4-6)17-10(12,13)14/h2-4,9H,15H2,1H3. The summed E-state index contributed by atoms with van der Waals surface area (Å²) in [5.74, 6) is -0.290. The number of benzene rings is 1. The third kappa shape index (κ3) is 4.12. The Labute approximate surface area is 105 Å². The molecule has 0 bridgehead atoms. The van der Waals surface area contributed by atoms with Crippen LogP contribution >= 0.6 is 23.4 Å². The highest BCUT2D eigenvalue weighted by Crippen LogP contribution is 2.40. The van der Waals surface area contributed by atoms with E-state index in [2.05, 4.69) is 0 Å². The largest absolute Gasteiger partial charge is 0.446 e. The Hall–Kier alpha value is -0.880. The number of Topliss-reactive ketones (excluding diaryl/α,β-unsaturated/α-hetero) is 1. The summed E-state index contributed by atoms with van der Waals surface area (Å²) in [5.41, 5.74) is 1.43. The highest BCUT2D eigenvalue weighted by atomic mass is 35.5. The summed E-state index contributed by atoms with van der Waals surface area (Å²) < 4.78 is 36.4. The number of carbonyl (C=O) groups is 1. The maximum Gasteiger partial charge on any atom is 0.446 e. The molecule has 0 heterocycles. The molecule has 0 amide bonds. The highest BCUT2D eigenvalue weighted by molar-refractivity contribution is 8.00. The molecule has 0 fully saturated rings. The zero-order valence-electron chi connectivity index (χ0n) is 8.72. The molecule has 1 rings (SSSR count). The van der Waals surface area contributed by atoms with Gasteiger partial charge < -0.3 is 5.73 Å². The van der Waals surface area contributed by atoms with Gasteiger partial charge in [0.2, 0.25) is 0 Å². The number of nitrogens with two attached hydrogens (primary N) is 1. The van der Waals surface area contributed by atoms with Crippen molar-refractivity contribution in [3.63, 3.8) is 0 Å². The van der Waals surface area contributed by atoms with E-state index in [0.29, 0.717) is 5.56 Å². The van der Waals surface area contributed by atoms with Gasteiger partial charge in [-0.25, -0.2) is 0 Å². The summed E-state index contributed by atoms with van der Waals surface area (Å²) in [6, 6.07) is 3.86. The molecule has 1 unspecified atom stereocenters. The lowest BCUT2D eigenvalue weighted by Gasteiger charge is -2.11. The molecule has 1 aromatic rings. The van der Waals surface area contributed by atoms with E-state index in [4.69, 9.17) is 17.3 Å². The van der Waals surface area contributed by atoms with Crippen molar-refractivity contribution in [3.8, 4) is 0 Å². The molecule has 1 atom stereocenters. The van der Waals surface area contributed by atoms with E-state index < -0.39 is 10.9 Å². The number of anilines is 1. The summed E-state index contributed by atoms with van der Waals surface area (Å²) in [4.78, 5) is 10.9. The third-order valence-electron chi connectivity index (χ3n) is 1.91. The van der Waals surface area contributed by atoms with Crippen molar-refractivity contribution in [1.82, 2.24) is 0 Å². The zero-order valence-corrected chi connectivity index (χ0v) is 10.3. The molecule has 2 nitrogen and oxygen atoms in total. The topological polar surface area (TPSA) is 43.1 Å². The van der Waals surface area contributed by atoms with E-state index >= 15 is 0 Å². The minimum atomic E-state index is -4.39.